The Hall–Kier alpha value is -2.27. The summed E-state index contributed by atoms with van der Waals surface area (Å²) in [5.74, 6) is 0.271. The molecule has 0 aromatic heterocycles. The minimum Gasteiger partial charge on any atom is -0.507 e. The lowest BCUT2D eigenvalue weighted by atomic mass is 10.0. The average molecular weight is 209 g/mol. The van der Waals surface area contributed by atoms with Gasteiger partial charge in [0.1, 0.15) is 5.75 Å². The highest BCUT2D eigenvalue weighted by Crippen LogP contribution is 2.29. The molecule has 0 radical (unpaired) electrons. The number of phenols is 1. The van der Waals surface area contributed by atoms with Gasteiger partial charge >= 0.3 is 0 Å². The van der Waals surface area contributed by atoms with Gasteiger partial charge in [0.05, 0.1) is 12.5 Å². The molecule has 2 rings (SSSR count). The molecule has 0 heterocycles. The predicted octanol–water partition coefficient (Wildman–Crippen LogP) is 3.47. The van der Waals surface area contributed by atoms with Crippen molar-refractivity contribution in [3.8, 4) is 11.8 Å². The Morgan fingerprint density at radius 3 is 2.81 bits per heavy atom. The molecule has 2 aromatic rings. The molecule has 16 heavy (non-hydrogen) atoms. The summed E-state index contributed by atoms with van der Waals surface area (Å²) in [5.41, 5.74) is 0.744. The van der Waals surface area contributed by atoms with Crippen molar-refractivity contribution in [3.05, 3.63) is 48.0 Å². The van der Waals surface area contributed by atoms with Gasteiger partial charge in [0.15, 0.2) is 0 Å². The van der Waals surface area contributed by atoms with Crippen molar-refractivity contribution in [2.45, 2.75) is 6.42 Å². The number of aromatic hydroxyl groups is 1. The Labute approximate surface area is 94.1 Å². The summed E-state index contributed by atoms with van der Waals surface area (Å²) in [5, 5.41) is 20.3. The molecule has 2 aromatic carbocycles. The van der Waals surface area contributed by atoms with Crippen LogP contribution in [0.5, 0.6) is 5.75 Å². The largest absolute Gasteiger partial charge is 0.507 e. The van der Waals surface area contributed by atoms with Gasteiger partial charge in [0.25, 0.3) is 0 Å². The summed E-state index contributed by atoms with van der Waals surface area (Å²) in [7, 11) is 0. The molecule has 0 atom stereocenters. The van der Waals surface area contributed by atoms with Crippen LogP contribution in [0, 0.1) is 11.3 Å². The highest BCUT2D eigenvalue weighted by atomic mass is 16.3. The van der Waals surface area contributed by atoms with Gasteiger partial charge in [-0.1, -0.05) is 48.6 Å². The Balaban J connectivity index is 2.49. The van der Waals surface area contributed by atoms with Gasteiger partial charge < -0.3 is 5.11 Å². The van der Waals surface area contributed by atoms with Gasteiger partial charge in [0.2, 0.25) is 0 Å². The molecular weight excluding hydrogens is 198 g/mol. The Morgan fingerprint density at radius 1 is 1.19 bits per heavy atom. The third kappa shape index (κ3) is 1.89. The summed E-state index contributed by atoms with van der Waals surface area (Å²) in [6.07, 6.45) is 3.86. The Bertz CT molecular complexity index is 579. The molecule has 0 aliphatic rings. The molecule has 0 spiro atoms. The van der Waals surface area contributed by atoms with Crippen LogP contribution in [-0.4, -0.2) is 5.11 Å². The van der Waals surface area contributed by atoms with Gasteiger partial charge in [0, 0.05) is 10.9 Å². The first-order valence-electron chi connectivity index (χ1n) is 5.07. The van der Waals surface area contributed by atoms with E-state index < -0.39 is 0 Å². The van der Waals surface area contributed by atoms with E-state index in [4.69, 9.17) is 5.26 Å². The van der Waals surface area contributed by atoms with Crippen LogP contribution in [0.1, 0.15) is 12.0 Å². The maximum Gasteiger partial charge on any atom is 0.130 e. The summed E-state index contributed by atoms with van der Waals surface area (Å²) in [6, 6.07) is 13.5. The fraction of sp³-hybridized carbons (Fsp3) is 0.0714. The van der Waals surface area contributed by atoms with Crippen LogP contribution >= 0.6 is 0 Å². The van der Waals surface area contributed by atoms with E-state index in [-0.39, 0.29) is 5.75 Å². The van der Waals surface area contributed by atoms with Crippen LogP contribution in [0.4, 0.5) is 0 Å². The van der Waals surface area contributed by atoms with Crippen LogP contribution in [0.15, 0.2) is 42.5 Å². The number of fused-ring (bicyclic) bond motifs is 1. The van der Waals surface area contributed by atoms with Crippen molar-refractivity contribution in [2.75, 3.05) is 0 Å². The second-order valence-electron chi connectivity index (χ2n) is 3.49. The molecule has 0 saturated carbocycles. The maximum absolute atomic E-state index is 10.0. The number of hydrogen-bond donors (Lipinski definition) is 1. The first-order chi connectivity index (χ1) is 7.83. The van der Waals surface area contributed by atoms with Crippen molar-refractivity contribution in [1.82, 2.24) is 0 Å². The Kier molecular flexibility index (Phi) is 2.88. The number of allylic oxidation sites excluding steroid dienone is 1. The van der Waals surface area contributed by atoms with Crippen molar-refractivity contribution in [2.24, 2.45) is 0 Å². The standard InChI is InChI=1S/C14H11NO/c15-10-4-3-6-12-9-8-11-5-1-2-7-13(11)14(12)16/h1-3,5-9,16H,4H2. The van der Waals surface area contributed by atoms with Gasteiger partial charge in [-0.05, 0) is 5.39 Å². The van der Waals surface area contributed by atoms with Gasteiger partial charge in [-0.2, -0.15) is 5.26 Å². The van der Waals surface area contributed by atoms with Crippen molar-refractivity contribution < 1.29 is 5.11 Å². The average Bonchev–Trinajstić information content (AvgIpc) is 2.33. The van der Waals surface area contributed by atoms with Crippen molar-refractivity contribution in [1.29, 1.82) is 5.26 Å². The zero-order valence-corrected chi connectivity index (χ0v) is 8.72. The molecular formula is C14H11NO. The zero-order chi connectivity index (χ0) is 11.4. The predicted molar refractivity (Wildman–Crippen MR) is 64.9 cm³/mol. The highest BCUT2D eigenvalue weighted by Gasteiger charge is 2.02. The van der Waals surface area contributed by atoms with E-state index >= 15 is 0 Å². The molecule has 78 valence electrons. The van der Waals surface area contributed by atoms with Gasteiger partial charge in [-0.25, -0.2) is 0 Å². The van der Waals surface area contributed by atoms with Crippen molar-refractivity contribution >= 4 is 16.8 Å². The molecule has 0 unspecified atom stereocenters. The molecule has 0 bridgehead atoms. The summed E-state index contributed by atoms with van der Waals surface area (Å²) in [6.45, 7) is 0. The van der Waals surface area contributed by atoms with E-state index in [2.05, 4.69) is 0 Å². The van der Waals surface area contributed by atoms with E-state index in [0.29, 0.717) is 6.42 Å². The number of phenolic OH excluding ortho intramolecular Hbond substituents is 1. The minimum absolute atomic E-state index is 0.271. The third-order valence-corrected chi connectivity index (χ3v) is 2.44. The third-order valence-electron chi connectivity index (χ3n) is 2.44. The topological polar surface area (TPSA) is 44.0 Å². The first-order valence-corrected chi connectivity index (χ1v) is 5.07. The summed E-state index contributed by atoms with van der Waals surface area (Å²) >= 11 is 0. The Morgan fingerprint density at radius 2 is 2.00 bits per heavy atom. The number of nitrogens with zero attached hydrogens (tertiary/aromatic N) is 1. The SMILES string of the molecule is N#CCC=Cc1ccc2ccccc2c1O. The molecule has 0 amide bonds. The summed E-state index contributed by atoms with van der Waals surface area (Å²) in [4.78, 5) is 0. The van der Waals surface area contributed by atoms with Crippen LogP contribution in [-0.2, 0) is 0 Å². The molecule has 1 N–H and O–H groups in total. The summed E-state index contributed by atoms with van der Waals surface area (Å²) < 4.78 is 0. The number of benzene rings is 2. The van der Waals surface area contributed by atoms with Crippen LogP contribution in [0.25, 0.3) is 16.8 Å². The van der Waals surface area contributed by atoms with E-state index in [1.54, 1.807) is 12.2 Å². The van der Waals surface area contributed by atoms with Gasteiger partial charge in [-0.3, -0.25) is 0 Å². The van der Waals surface area contributed by atoms with Gasteiger partial charge in [-0.15, -0.1) is 0 Å². The van der Waals surface area contributed by atoms with Crippen LogP contribution in [0.3, 0.4) is 0 Å². The lowest BCUT2D eigenvalue weighted by Crippen LogP contribution is -1.78. The van der Waals surface area contributed by atoms with Crippen LogP contribution < -0.4 is 0 Å². The molecule has 0 fully saturated rings. The zero-order valence-electron chi connectivity index (χ0n) is 8.72. The highest BCUT2D eigenvalue weighted by molar-refractivity contribution is 5.91. The molecule has 2 nitrogen and oxygen atoms in total. The molecule has 0 aliphatic heterocycles. The first kappa shape index (κ1) is 10.3. The second kappa shape index (κ2) is 4.50. The van der Waals surface area contributed by atoms with E-state index in [1.165, 1.54) is 0 Å². The lowest BCUT2D eigenvalue weighted by molar-refractivity contribution is 0.480. The molecule has 2 heteroatoms. The lowest BCUT2D eigenvalue weighted by Gasteiger charge is -2.03. The smallest absolute Gasteiger partial charge is 0.130 e. The van der Waals surface area contributed by atoms with E-state index in [9.17, 15) is 5.11 Å². The maximum atomic E-state index is 10.0. The fourth-order valence-corrected chi connectivity index (χ4v) is 1.65. The van der Waals surface area contributed by atoms with E-state index in [1.807, 2.05) is 42.5 Å². The number of hydrogen-bond acceptors (Lipinski definition) is 2. The molecule has 0 aliphatic carbocycles. The number of nitriles is 1. The normalized spacial score (nSPS) is 10.7. The quantitative estimate of drug-likeness (QED) is 0.822. The second-order valence-corrected chi connectivity index (χ2v) is 3.49. The molecule has 0 saturated heterocycles. The van der Waals surface area contributed by atoms with Crippen LogP contribution in [0.2, 0.25) is 0 Å². The van der Waals surface area contributed by atoms with Crippen molar-refractivity contribution in [3.63, 3.8) is 0 Å². The monoisotopic (exact) mass is 209 g/mol. The minimum atomic E-state index is 0.271. The van der Waals surface area contributed by atoms with E-state index in [0.717, 1.165) is 16.3 Å². The fourth-order valence-electron chi connectivity index (χ4n) is 1.65. The number of rotatable bonds is 2.